The van der Waals surface area contributed by atoms with Crippen LogP contribution < -0.4 is 5.32 Å². The van der Waals surface area contributed by atoms with Crippen LogP contribution in [0.3, 0.4) is 0 Å². The molecule has 0 spiro atoms. The highest BCUT2D eigenvalue weighted by atomic mass is 32.2. The molecule has 1 aromatic heterocycles. The van der Waals surface area contributed by atoms with Crippen LogP contribution in [-0.2, 0) is 7.05 Å². The lowest BCUT2D eigenvalue weighted by atomic mass is 9.95. The topological polar surface area (TPSA) is 42.7 Å². The Kier molecular flexibility index (Phi) is 5.06. The Hall–Kier alpha value is -0.550. The van der Waals surface area contributed by atoms with Gasteiger partial charge in [-0.3, -0.25) is 0 Å². The molecular weight excluding hydrogens is 244 g/mol. The monoisotopic (exact) mass is 268 g/mol. The van der Waals surface area contributed by atoms with Crippen molar-refractivity contribution < 1.29 is 0 Å². The molecule has 2 unspecified atom stereocenters. The van der Waals surface area contributed by atoms with Gasteiger partial charge in [0.25, 0.3) is 0 Å². The molecule has 102 valence electrons. The zero-order chi connectivity index (χ0) is 13.0. The summed E-state index contributed by atoms with van der Waals surface area (Å²) in [4.78, 5) is 0. The highest BCUT2D eigenvalue weighted by Crippen LogP contribution is 2.32. The van der Waals surface area contributed by atoms with E-state index in [-0.39, 0.29) is 0 Å². The van der Waals surface area contributed by atoms with E-state index in [0.717, 1.165) is 17.5 Å². The first-order valence-electron chi connectivity index (χ1n) is 6.96. The third kappa shape index (κ3) is 3.48. The second-order valence-electron chi connectivity index (χ2n) is 5.15. The van der Waals surface area contributed by atoms with Crippen LogP contribution in [0.15, 0.2) is 5.16 Å². The summed E-state index contributed by atoms with van der Waals surface area (Å²) in [5.74, 6) is 0.994. The Bertz CT molecular complexity index is 377. The maximum absolute atomic E-state index is 4.25. The summed E-state index contributed by atoms with van der Waals surface area (Å²) in [5.41, 5.74) is 0. The molecule has 1 fully saturated rings. The first-order chi connectivity index (χ1) is 8.70. The van der Waals surface area contributed by atoms with Crippen LogP contribution >= 0.6 is 11.8 Å². The summed E-state index contributed by atoms with van der Waals surface area (Å²) in [6.07, 6.45) is 6.44. The minimum absolute atomic E-state index is 0.690. The van der Waals surface area contributed by atoms with Crippen molar-refractivity contribution >= 4 is 11.8 Å². The molecule has 5 heteroatoms. The Balaban J connectivity index is 1.87. The second kappa shape index (κ2) is 6.57. The standard InChI is InChI=1S/C13H24N4S/c1-4-8-14-11-6-5-7-12(9-11)18-13-16-15-10(2)17(13)3/h11-12,14H,4-9H2,1-3H3. The van der Waals surface area contributed by atoms with Crippen molar-refractivity contribution in [1.29, 1.82) is 0 Å². The van der Waals surface area contributed by atoms with Crippen LogP contribution in [0.5, 0.6) is 0 Å². The van der Waals surface area contributed by atoms with Gasteiger partial charge in [-0.2, -0.15) is 0 Å². The lowest BCUT2D eigenvalue weighted by molar-refractivity contribution is 0.381. The Morgan fingerprint density at radius 3 is 2.89 bits per heavy atom. The van der Waals surface area contributed by atoms with Gasteiger partial charge in [0.05, 0.1) is 0 Å². The van der Waals surface area contributed by atoms with Crippen molar-refractivity contribution in [2.75, 3.05) is 6.54 Å². The van der Waals surface area contributed by atoms with Gasteiger partial charge in [-0.15, -0.1) is 10.2 Å². The number of aryl methyl sites for hydroxylation is 1. The van der Waals surface area contributed by atoms with Gasteiger partial charge in [0.2, 0.25) is 0 Å². The average molecular weight is 268 g/mol. The first-order valence-corrected chi connectivity index (χ1v) is 7.84. The zero-order valence-corrected chi connectivity index (χ0v) is 12.5. The van der Waals surface area contributed by atoms with Crippen molar-refractivity contribution in [2.45, 2.75) is 62.4 Å². The first kappa shape index (κ1) is 13.9. The van der Waals surface area contributed by atoms with Crippen molar-refractivity contribution in [1.82, 2.24) is 20.1 Å². The normalized spacial score (nSPS) is 24.4. The van der Waals surface area contributed by atoms with Crippen LogP contribution in [0, 0.1) is 6.92 Å². The molecule has 1 aromatic rings. The molecule has 0 saturated heterocycles. The Labute approximate surface area is 114 Å². The molecule has 0 bridgehead atoms. The van der Waals surface area contributed by atoms with E-state index in [0.29, 0.717) is 11.3 Å². The number of hydrogen-bond donors (Lipinski definition) is 1. The van der Waals surface area contributed by atoms with Gasteiger partial charge >= 0.3 is 0 Å². The summed E-state index contributed by atoms with van der Waals surface area (Å²) in [5, 5.41) is 13.8. The largest absolute Gasteiger partial charge is 0.314 e. The number of thioether (sulfide) groups is 1. The van der Waals surface area contributed by atoms with Crippen LogP contribution in [-0.4, -0.2) is 32.6 Å². The number of nitrogens with one attached hydrogen (secondary N) is 1. The van der Waals surface area contributed by atoms with E-state index in [1.165, 1.54) is 32.1 Å². The van der Waals surface area contributed by atoms with Crippen LogP contribution in [0.2, 0.25) is 0 Å². The molecule has 1 aliphatic rings. The SMILES string of the molecule is CCCNC1CCCC(Sc2nnc(C)n2C)C1. The smallest absolute Gasteiger partial charge is 0.191 e. The van der Waals surface area contributed by atoms with Gasteiger partial charge in [-0.1, -0.05) is 25.1 Å². The van der Waals surface area contributed by atoms with Crippen molar-refractivity contribution in [2.24, 2.45) is 7.05 Å². The third-order valence-corrected chi connectivity index (χ3v) is 4.96. The minimum Gasteiger partial charge on any atom is -0.314 e. The maximum Gasteiger partial charge on any atom is 0.191 e. The number of rotatable bonds is 5. The molecule has 4 nitrogen and oxygen atoms in total. The van der Waals surface area contributed by atoms with Gasteiger partial charge in [0.15, 0.2) is 5.16 Å². The molecular formula is C13H24N4S. The molecule has 1 aliphatic carbocycles. The predicted molar refractivity (Wildman–Crippen MR) is 75.9 cm³/mol. The molecule has 2 atom stereocenters. The summed E-state index contributed by atoms with van der Waals surface area (Å²) in [6, 6.07) is 0.700. The van der Waals surface area contributed by atoms with E-state index >= 15 is 0 Å². The van der Waals surface area contributed by atoms with Gasteiger partial charge < -0.3 is 9.88 Å². The van der Waals surface area contributed by atoms with E-state index in [2.05, 4.69) is 27.0 Å². The molecule has 0 aliphatic heterocycles. The second-order valence-corrected chi connectivity index (χ2v) is 6.41. The molecule has 0 aromatic carbocycles. The van der Waals surface area contributed by atoms with E-state index in [4.69, 9.17) is 0 Å². The van der Waals surface area contributed by atoms with E-state index in [1.54, 1.807) is 0 Å². The summed E-state index contributed by atoms with van der Waals surface area (Å²) in [7, 11) is 2.05. The molecule has 1 heterocycles. The van der Waals surface area contributed by atoms with Gasteiger partial charge in [0, 0.05) is 18.3 Å². The third-order valence-electron chi connectivity index (χ3n) is 3.63. The van der Waals surface area contributed by atoms with Crippen molar-refractivity contribution in [3.63, 3.8) is 0 Å². The van der Waals surface area contributed by atoms with E-state index < -0.39 is 0 Å². The minimum atomic E-state index is 0.690. The van der Waals surface area contributed by atoms with Crippen LogP contribution in [0.4, 0.5) is 0 Å². The average Bonchev–Trinajstić information content (AvgIpc) is 2.69. The highest BCUT2D eigenvalue weighted by Gasteiger charge is 2.23. The van der Waals surface area contributed by atoms with E-state index in [1.807, 2.05) is 25.7 Å². The fourth-order valence-corrected chi connectivity index (χ4v) is 3.71. The molecule has 0 radical (unpaired) electrons. The Morgan fingerprint density at radius 1 is 1.39 bits per heavy atom. The van der Waals surface area contributed by atoms with Gasteiger partial charge in [-0.05, 0) is 39.2 Å². The van der Waals surface area contributed by atoms with Crippen LogP contribution in [0.25, 0.3) is 0 Å². The molecule has 1 saturated carbocycles. The quantitative estimate of drug-likeness (QED) is 0.891. The summed E-state index contributed by atoms with van der Waals surface area (Å²) >= 11 is 1.90. The van der Waals surface area contributed by atoms with Crippen LogP contribution in [0.1, 0.15) is 44.9 Å². The van der Waals surface area contributed by atoms with Crippen molar-refractivity contribution in [3.8, 4) is 0 Å². The molecule has 18 heavy (non-hydrogen) atoms. The number of nitrogens with zero attached hydrogens (tertiary/aromatic N) is 3. The number of aromatic nitrogens is 3. The molecule has 2 rings (SSSR count). The summed E-state index contributed by atoms with van der Waals surface area (Å²) in [6.45, 7) is 5.37. The lowest BCUT2D eigenvalue weighted by Crippen LogP contribution is -2.35. The fraction of sp³-hybridized carbons (Fsp3) is 0.846. The molecule has 0 amide bonds. The fourth-order valence-electron chi connectivity index (χ4n) is 2.43. The molecule has 1 N–H and O–H groups in total. The number of hydrogen-bond acceptors (Lipinski definition) is 4. The Morgan fingerprint density at radius 2 is 2.22 bits per heavy atom. The summed E-state index contributed by atoms with van der Waals surface area (Å²) < 4.78 is 2.09. The van der Waals surface area contributed by atoms with Gasteiger partial charge in [-0.25, -0.2) is 0 Å². The van der Waals surface area contributed by atoms with E-state index in [9.17, 15) is 0 Å². The maximum atomic E-state index is 4.25. The van der Waals surface area contributed by atoms with Gasteiger partial charge in [0.1, 0.15) is 5.82 Å². The zero-order valence-electron chi connectivity index (χ0n) is 11.6. The predicted octanol–water partition coefficient (Wildman–Crippen LogP) is 2.53. The van der Waals surface area contributed by atoms with Crippen molar-refractivity contribution in [3.05, 3.63) is 5.82 Å². The highest BCUT2D eigenvalue weighted by molar-refractivity contribution is 7.99. The lowest BCUT2D eigenvalue weighted by Gasteiger charge is -2.29.